The van der Waals surface area contributed by atoms with Crippen molar-refractivity contribution in [3.63, 3.8) is 0 Å². The lowest BCUT2D eigenvalue weighted by Crippen LogP contribution is -2.32. The van der Waals surface area contributed by atoms with Crippen LogP contribution in [0, 0.1) is 11.6 Å². The fraction of sp³-hybridized carbons (Fsp3) is 0.632. The van der Waals surface area contributed by atoms with Gasteiger partial charge < -0.3 is 4.90 Å². The van der Waals surface area contributed by atoms with Crippen molar-refractivity contribution in [1.29, 1.82) is 0 Å². The predicted octanol–water partition coefficient (Wildman–Crippen LogP) is 5.69. The van der Waals surface area contributed by atoms with E-state index in [2.05, 4.69) is 0 Å². The van der Waals surface area contributed by atoms with E-state index >= 15 is 0 Å². The molecule has 2 aliphatic heterocycles. The van der Waals surface area contributed by atoms with Crippen LogP contribution in [-0.2, 0) is 4.79 Å². The van der Waals surface area contributed by atoms with Crippen LogP contribution >= 0.6 is 33.3 Å². The van der Waals surface area contributed by atoms with E-state index in [-0.39, 0.29) is 17.0 Å². The van der Waals surface area contributed by atoms with Crippen LogP contribution in [0.1, 0.15) is 49.3 Å². The first-order valence-electron chi connectivity index (χ1n) is 9.26. The first-order valence-corrected chi connectivity index (χ1v) is 12.7. The van der Waals surface area contributed by atoms with E-state index in [1.165, 1.54) is 30.7 Å². The van der Waals surface area contributed by atoms with Gasteiger partial charge in [-0.1, -0.05) is 28.0 Å². The zero-order valence-electron chi connectivity index (χ0n) is 14.8. The summed E-state index contributed by atoms with van der Waals surface area (Å²) in [5.74, 6) is 1.47. The van der Waals surface area contributed by atoms with Gasteiger partial charge in [-0.15, -0.1) is 0 Å². The predicted molar refractivity (Wildman–Crippen MR) is 110 cm³/mol. The molecule has 2 aliphatic rings. The second kappa shape index (κ2) is 10.2. The molecule has 0 N–H and O–H groups in total. The molecule has 2 heterocycles. The molecule has 1 aromatic carbocycles. The van der Waals surface area contributed by atoms with E-state index in [1.807, 2.05) is 26.5 Å². The maximum atomic E-state index is 14.0. The van der Waals surface area contributed by atoms with Crippen molar-refractivity contribution in [3.05, 3.63) is 35.4 Å². The third kappa shape index (κ3) is 5.80. The molecule has 1 amide bonds. The van der Waals surface area contributed by atoms with Crippen LogP contribution in [0.3, 0.4) is 0 Å². The lowest BCUT2D eigenvalue weighted by atomic mass is 10.1. The highest BCUT2D eigenvalue weighted by Gasteiger charge is 2.24. The van der Waals surface area contributed by atoms with E-state index in [9.17, 15) is 13.6 Å². The molecule has 2 fully saturated rings. The molecular weight excluding hydrogens is 392 g/mol. The van der Waals surface area contributed by atoms with Crippen LogP contribution in [0.25, 0.3) is 0 Å². The largest absolute Gasteiger partial charge is 0.342 e. The first-order chi connectivity index (χ1) is 12.6. The molecule has 0 radical (unpaired) electrons. The number of hydrogen-bond acceptors (Lipinski definition) is 4. The number of rotatable bonds is 6. The molecule has 144 valence electrons. The quantitative estimate of drug-likeness (QED) is 0.438. The average molecular weight is 418 g/mol. The highest BCUT2D eigenvalue weighted by molar-refractivity contribution is 8.77. The summed E-state index contributed by atoms with van der Waals surface area (Å²) in [5, 5.41) is 0.687. The Morgan fingerprint density at radius 3 is 2.85 bits per heavy atom. The Bertz CT molecular complexity index is 610. The van der Waals surface area contributed by atoms with Crippen LogP contribution in [0.15, 0.2) is 18.2 Å². The fourth-order valence-corrected chi connectivity index (χ4v) is 7.67. The number of benzene rings is 1. The molecule has 0 aliphatic carbocycles. The maximum absolute atomic E-state index is 14.0. The summed E-state index contributed by atoms with van der Waals surface area (Å²) in [6.45, 7) is 1.33. The van der Waals surface area contributed by atoms with Gasteiger partial charge in [-0.05, 0) is 43.9 Å². The topological polar surface area (TPSA) is 20.3 Å². The van der Waals surface area contributed by atoms with Crippen molar-refractivity contribution in [1.82, 2.24) is 4.90 Å². The minimum Gasteiger partial charge on any atom is -0.342 e. The molecule has 0 bridgehead atoms. The van der Waals surface area contributed by atoms with E-state index in [1.54, 1.807) is 11.8 Å². The van der Waals surface area contributed by atoms with Gasteiger partial charge in [0.1, 0.15) is 11.6 Å². The Kier molecular flexibility index (Phi) is 8.00. The standard InChI is InChI=1S/C19H25F2NOS3/c20-14-5-6-17(21)16(13-14)18-7-9-22(10-12-24-18)19(23)4-2-1-3-15-8-11-25-26-15/h5-6,13,15,18H,1-4,7-12H2. The van der Waals surface area contributed by atoms with Crippen LogP contribution < -0.4 is 0 Å². The van der Waals surface area contributed by atoms with Gasteiger partial charge in [0, 0.05) is 47.1 Å². The zero-order chi connectivity index (χ0) is 18.4. The van der Waals surface area contributed by atoms with Gasteiger partial charge in [-0.2, -0.15) is 11.8 Å². The molecule has 7 heteroatoms. The van der Waals surface area contributed by atoms with Crippen molar-refractivity contribution in [2.75, 3.05) is 24.6 Å². The van der Waals surface area contributed by atoms with Crippen molar-refractivity contribution < 1.29 is 13.6 Å². The number of thioether (sulfide) groups is 1. The van der Waals surface area contributed by atoms with E-state index in [0.29, 0.717) is 31.5 Å². The summed E-state index contributed by atoms with van der Waals surface area (Å²) < 4.78 is 27.5. The monoisotopic (exact) mass is 417 g/mol. The van der Waals surface area contributed by atoms with Gasteiger partial charge in [0.15, 0.2) is 0 Å². The number of unbranched alkanes of at least 4 members (excludes halogenated alkanes) is 1. The van der Waals surface area contributed by atoms with Crippen molar-refractivity contribution in [2.24, 2.45) is 0 Å². The highest BCUT2D eigenvalue weighted by Crippen LogP contribution is 2.40. The lowest BCUT2D eigenvalue weighted by molar-refractivity contribution is -0.131. The molecule has 26 heavy (non-hydrogen) atoms. The van der Waals surface area contributed by atoms with Gasteiger partial charge in [0.25, 0.3) is 0 Å². The summed E-state index contributed by atoms with van der Waals surface area (Å²) in [6, 6.07) is 3.64. The molecule has 2 unspecified atom stereocenters. The van der Waals surface area contributed by atoms with E-state index < -0.39 is 5.82 Å². The molecule has 2 atom stereocenters. The zero-order valence-corrected chi connectivity index (χ0v) is 17.2. The number of carbonyl (C=O) groups is 1. The highest BCUT2D eigenvalue weighted by atomic mass is 33.1. The molecule has 2 saturated heterocycles. The Morgan fingerprint density at radius 1 is 1.15 bits per heavy atom. The van der Waals surface area contributed by atoms with Crippen molar-refractivity contribution in [2.45, 2.75) is 49.0 Å². The average Bonchev–Trinajstić information content (AvgIpc) is 3.03. The second-order valence-corrected chi connectivity index (χ2v) is 10.9. The number of halogens is 2. The summed E-state index contributed by atoms with van der Waals surface area (Å²) in [6.07, 6.45) is 5.85. The van der Waals surface area contributed by atoms with Crippen LogP contribution in [0.4, 0.5) is 8.78 Å². The molecule has 0 saturated carbocycles. The Labute approximate surface area is 166 Å². The van der Waals surface area contributed by atoms with Crippen LogP contribution in [0.2, 0.25) is 0 Å². The van der Waals surface area contributed by atoms with Gasteiger partial charge in [-0.25, -0.2) is 8.78 Å². The van der Waals surface area contributed by atoms with Gasteiger partial charge in [-0.3, -0.25) is 4.79 Å². The second-order valence-electron chi connectivity index (χ2n) is 6.77. The molecule has 0 aromatic heterocycles. The molecule has 3 rings (SSSR count). The number of carbonyl (C=O) groups excluding carboxylic acids is 1. The van der Waals surface area contributed by atoms with E-state index in [4.69, 9.17) is 0 Å². The number of hydrogen-bond donors (Lipinski definition) is 0. The Morgan fingerprint density at radius 2 is 2.04 bits per heavy atom. The summed E-state index contributed by atoms with van der Waals surface area (Å²) >= 11 is 1.62. The third-order valence-electron chi connectivity index (χ3n) is 4.89. The summed E-state index contributed by atoms with van der Waals surface area (Å²) in [4.78, 5) is 14.4. The van der Waals surface area contributed by atoms with Crippen molar-refractivity contribution in [3.8, 4) is 0 Å². The smallest absolute Gasteiger partial charge is 0.222 e. The molecular formula is C19H25F2NOS3. The number of nitrogens with zero attached hydrogens (tertiary/aromatic N) is 1. The lowest BCUT2D eigenvalue weighted by Gasteiger charge is -2.20. The maximum Gasteiger partial charge on any atom is 0.222 e. The molecule has 1 aromatic rings. The van der Waals surface area contributed by atoms with Gasteiger partial charge >= 0.3 is 0 Å². The Balaban J connectivity index is 1.43. The minimum absolute atomic E-state index is 0.0830. The van der Waals surface area contributed by atoms with E-state index in [0.717, 1.165) is 29.9 Å². The van der Waals surface area contributed by atoms with Gasteiger partial charge in [0.05, 0.1) is 0 Å². The summed E-state index contributed by atoms with van der Waals surface area (Å²) in [7, 11) is 3.95. The normalized spacial score (nSPS) is 23.8. The van der Waals surface area contributed by atoms with Crippen LogP contribution in [0.5, 0.6) is 0 Å². The SMILES string of the molecule is O=C(CCCCC1CCSS1)N1CCSC(c2cc(F)ccc2F)CC1. The Hall–Kier alpha value is -0.400. The molecule has 2 nitrogen and oxygen atoms in total. The van der Waals surface area contributed by atoms with Crippen molar-refractivity contribution >= 4 is 39.3 Å². The third-order valence-corrected chi connectivity index (χ3v) is 9.21. The van der Waals surface area contributed by atoms with Gasteiger partial charge in [0.2, 0.25) is 5.91 Å². The van der Waals surface area contributed by atoms with Crippen LogP contribution in [-0.4, -0.2) is 40.7 Å². The fourth-order valence-electron chi connectivity index (χ4n) is 3.40. The molecule has 0 spiro atoms. The first kappa shape index (κ1) is 20.3. The summed E-state index contributed by atoms with van der Waals surface area (Å²) in [5.41, 5.74) is 0.427. The number of amides is 1. The minimum atomic E-state index is -0.405.